The predicted molar refractivity (Wildman–Crippen MR) is 135 cm³/mol. The highest BCUT2D eigenvalue weighted by Crippen LogP contribution is 2.56. The van der Waals surface area contributed by atoms with E-state index < -0.39 is 18.0 Å². The van der Waals surface area contributed by atoms with Crippen molar-refractivity contribution in [2.24, 2.45) is 17.8 Å². The van der Waals surface area contributed by atoms with Crippen molar-refractivity contribution >= 4 is 29.4 Å². The number of benzene rings is 2. The van der Waals surface area contributed by atoms with Crippen LogP contribution >= 0.6 is 0 Å². The Morgan fingerprint density at radius 1 is 0.795 bits per heavy atom. The van der Waals surface area contributed by atoms with Crippen LogP contribution in [0.15, 0.2) is 59.7 Å². The number of fused-ring (bicyclic) bond motifs is 2. The van der Waals surface area contributed by atoms with E-state index in [1.165, 1.54) is 12.1 Å². The highest BCUT2D eigenvalue weighted by atomic mass is 19.1. The van der Waals surface area contributed by atoms with E-state index in [1.807, 2.05) is 0 Å². The van der Waals surface area contributed by atoms with Gasteiger partial charge in [0.25, 0.3) is 11.8 Å². The van der Waals surface area contributed by atoms with Gasteiger partial charge >= 0.3 is 6.16 Å². The van der Waals surface area contributed by atoms with Gasteiger partial charge in [0.1, 0.15) is 11.6 Å². The summed E-state index contributed by atoms with van der Waals surface area (Å²) in [7, 11) is 0. The second kappa shape index (κ2) is 10.2. The van der Waals surface area contributed by atoms with Gasteiger partial charge in [-0.3, -0.25) is 25.3 Å². The number of nitrogens with zero attached hydrogens (tertiary/aromatic N) is 1. The van der Waals surface area contributed by atoms with Crippen molar-refractivity contribution in [3.8, 4) is 0 Å². The minimum Gasteiger partial charge on any atom is -0.432 e. The number of ether oxygens (including phenoxy) is 1. The molecule has 39 heavy (non-hydrogen) atoms. The fourth-order valence-electron chi connectivity index (χ4n) is 6.09. The van der Waals surface area contributed by atoms with Gasteiger partial charge in [-0.15, -0.1) is 0 Å². The largest absolute Gasteiger partial charge is 0.533 e. The van der Waals surface area contributed by atoms with Crippen LogP contribution in [0.1, 0.15) is 49.7 Å². The number of nitrogens with one attached hydrogen (secondary N) is 2. The summed E-state index contributed by atoms with van der Waals surface area (Å²) in [6, 6.07) is 13.1. The SMILES string of the molecule is O=C(OCC1C2CCC3=C(c4ccccc4F)NNC(c4ccccc4F)=C3CCC21)ON1C(=O)CCC1=O. The van der Waals surface area contributed by atoms with Crippen LogP contribution in [0.5, 0.6) is 0 Å². The maximum absolute atomic E-state index is 14.8. The van der Waals surface area contributed by atoms with Crippen molar-refractivity contribution in [1.82, 2.24) is 15.9 Å². The van der Waals surface area contributed by atoms with Gasteiger partial charge in [-0.05, 0) is 78.8 Å². The van der Waals surface area contributed by atoms with Gasteiger partial charge in [0.15, 0.2) is 0 Å². The molecule has 2 saturated carbocycles. The maximum Gasteiger partial charge on any atom is 0.533 e. The number of hydroxylamine groups is 2. The van der Waals surface area contributed by atoms with E-state index in [9.17, 15) is 23.2 Å². The summed E-state index contributed by atoms with van der Waals surface area (Å²) in [6.45, 7) is 0.110. The molecule has 4 aliphatic rings. The van der Waals surface area contributed by atoms with Gasteiger partial charge < -0.3 is 4.74 Å². The quantitative estimate of drug-likeness (QED) is 0.418. The number of hydrogen-bond acceptors (Lipinski definition) is 7. The van der Waals surface area contributed by atoms with Crippen LogP contribution in [-0.4, -0.2) is 29.6 Å². The Balaban J connectivity index is 1.23. The number of carbonyl (C=O) groups is 3. The van der Waals surface area contributed by atoms with Gasteiger partial charge in [0, 0.05) is 24.0 Å². The molecule has 0 radical (unpaired) electrons. The molecule has 2 N–H and O–H groups in total. The molecule has 0 aromatic heterocycles. The van der Waals surface area contributed by atoms with Crippen LogP contribution in [0.3, 0.4) is 0 Å². The lowest BCUT2D eigenvalue weighted by molar-refractivity contribution is -0.177. The number of halogens is 2. The minimum absolute atomic E-state index is 0.0119. The molecule has 8 nitrogen and oxygen atoms in total. The number of imide groups is 1. The maximum atomic E-state index is 14.8. The first-order chi connectivity index (χ1) is 18.9. The number of amides is 2. The van der Waals surface area contributed by atoms with Crippen molar-refractivity contribution in [2.75, 3.05) is 6.61 Å². The van der Waals surface area contributed by atoms with Crippen LogP contribution < -0.4 is 10.9 Å². The summed E-state index contributed by atoms with van der Waals surface area (Å²) in [4.78, 5) is 40.3. The first-order valence-electron chi connectivity index (χ1n) is 13.1. The summed E-state index contributed by atoms with van der Waals surface area (Å²) in [6.07, 6.45) is 1.76. The topological polar surface area (TPSA) is 97.0 Å². The molecule has 2 unspecified atom stereocenters. The Hall–Kier alpha value is -4.21. The molecule has 2 aromatic rings. The van der Waals surface area contributed by atoms with Crippen LogP contribution in [0.25, 0.3) is 11.4 Å². The Morgan fingerprint density at radius 2 is 1.28 bits per heavy atom. The lowest BCUT2D eigenvalue weighted by atomic mass is 9.85. The first-order valence-corrected chi connectivity index (χ1v) is 13.1. The van der Waals surface area contributed by atoms with Crippen molar-refractivity contribution in [2.45, 2.75) is 38.5 Å². The molecule has 2 aromatic carbocycles. The zero-order valence-electron chi connectivity index (χ0n) is 21.0. The summed E-state index contributed by atoms with van der Waals surface area (Å²) in [5, 5.41) is 0.469. The van der Waals surface area contributed by atoms with E-state index in [0.717, 1.165) is 24.0 Å². The molecule has 2 aliphatic heterocycles. The molecule has 3 fully saturated rings. The van der Waals surface area contributed by atoms with Crippen molar-refractivity contribution < 1.29 is 32.7 Å². The molecule has 0 bridgehead atoms. The van der Waals surface area contributed by atoms with Gasteiger partial charge in [-0.25, -0.2) is 13.6 Å². The molecule has 6 rings (SSSR count). The Morgan fingerprint density at radius 3 is 1.77 bits per heavy atom. The van der Waals surface area contributed by atoms with E-state index in [1.54, 1.807) is 36.4 Å². The highest BCUT2D eigenvalue weighted by molar-refractivity contribution is 6.01. The molecule has 10 heteroatoms. The molecule has 0 spiro atoms. The molecular formula is C29H27F2N3O5. The first kappa shape index (κ1) is 25.1. The molecule has 2 amide bonds. The van der Waals surface area contributed by atoms with E-state index in [-0.39, 0.29) is 48.8 Å². The molecule has 202 valence electrons. The molecule has 1 saturated heterocycles. The number of rotatable bonds is 5. The van der Waals surface area contributed by atoms with Gasteiger partial charge in [-0.2, -0.15) is 0 Å². The second-order valence-corrected chi connectivity index (χ2v) is 10.2. The fraction of sp³-hybridized carbons (Fsp3) is 0.345. The molecule has 2 atom stereocenters. The van der Waals surface area contributed by atoms with Crippen LogP contribution in [0, 0.1) is 29.4 Å². The number of allylic oxidation sites excluding steroid dienone is 2. The third-order valence-electron chi connectivity index (χ3n) is 8.10. The third-order valence-corrected chi connectivity index (χ3v) is 8.10. The Kier molecular flexibility index (Phi) is 6.54. The Bertz CT molecular complexity index is 1330. The highest BCUT2D eigenvalue weighted by Gasteiger charge is 2.51. The van der Waals surface area contributed by atoms with Gasteiger partial charge in [0.05, 0.1) is 18.0 Å². The zero-order chi connectivity index (χ0) is 27.1. The van der Waals surface area contributed by atoms with E-state index >= 15 is 0 Å². The molecular weight excluding hydrogens is 508 g/mol. The van der Waals surface area contributed by atoms with E-state index in [2.05, 4.69) is 10.9 Å². The summed E-state index contributed by atoms with van der Waals surface area (Å²) >= 11 is 0. The number of hydrazine groups is 1. The summed E-state index contributed by atoms with van der Waals surface area (Å²) in [5.41, 5.74) is 10.3. The lowest BCUT2D eigenvalue weighted by Crippen LogP contribution is -2.35. The predicted octanol–water partition coefficient (Wildman–Crippen LogP) is 4.85. The van der Waals surface area contributed by atoms with Crippen molar-refractivity contribution in [3.63, 3.8) is 0 Å². The van der Waals surface area contributed by atoms with Crippen molar-refractivity contribution in [3.05, 3.63) is 82.4 Å². The number of hydrogen-bond donors (Lipinski definition) is 2. The normalized spacial score (nSPS) is 24.3. The smallest absolute Gasteiger partial charge is 0.432 e. The van der Waals surface area contributed by atoms with Crippen LogP contribution in [0.4, 0.5) is 13.6 Å². The standard InChI is InChI=1S/C29H27F2N3O5/c30-23-7-3-1-5-20(23)27-18-11-9-16-17(22(16)15-38-29(37)39-34-25(35)13-14-26(34)36)10-12-19(18)28(33-32-27)21-6-2-4-8-24(21)31/h1-8,16-17,22,32-33H,9-15H2. The minimum atomic E-state index is -1.07. The van der Waals surface area contributed by atoms with E-state index in [4.69, 9.17) is 9.57 Å². The molecule has 2 aliphatic carbocycles. The van der Waals surface area contributed by atoms with Crippen LogP contribution in [0.2, 0.25) is 0 Å². The van der Waals surface area contributed by atoms with Crippen molar-refractivity contribution in [1.29, 1.82) is 0 Å². The van der Waals surface area contributed by atoms with Gasteiger partial charge in [-0.1, -0.05) is 29.3 Å². The number of carbonyl (C=O) groups excluding carboxylic acids is 3. The molecule has 2 heterocycles. The monoisotopic (exact) mass is 535 g/mol. The summed E-state index contributed by atoms with van der Waals surface area (Å²) < 4.78 is 34.9. The lowest BCUT2D eigenvalue weighted by Gasteiger charge is -2.31. The van der Waals surface area contributed by atoms with E-state index in [0.29, 0.717) is 40.4 Å². The third kappa shape index (κ3) is 4.75. The summed E-state index contributed by atoms with van der Waals surface area (Å²) in [5.74, 6) is -1.16. The fourth-order valence-corrected chi connectivity index (χ4v) is 6.09. The average molecular weight is 536 g/mol. The second-order valence-electron chi connectivity index (χ2n) is 10.2. The van der Waals surface area contributed by atoms with Gasteiger partial charge in [0.2, 0.25) is 0 Å². The van der Waals surface area contributed by atoms with Crippen LogP contribution in [-0.2, 0) is 19.2 Å². The average Bonchev–Trinajstić information content (AvgIpc) is 3.49. The zero-order valence-corrected chi connectivity index (χ0v) is 21.0. The Labute approximate surface area is 223 Å².